The largest absolute Gasteiger partial charge is 0.382 e. The minimum atomic E-state index is 0.221. The van der Waals surface area contributed by atoms with Crippen molar-refractivity contribution in [3.05, 3.63) is 0 Å². The number of rotatable bonds is 4. The molecule has 0 atom stereocenters. The molecule has 76 valence electrons. The van der Waals surface area contributed by atoms with Crippen LogP contribution in [0.3, 0.4) is 0 Å². The summed E-state index contributed by atoms with van der Waals surface area (Å²) in [6.07, 6.45) is 1.04. The lowest BCUT2D eigenvalue weighted by atomic mass is 10.4. The molecule has 14 heavy (non-hydrogen) atoms. The van der Waals surface area contributed by atoms with Gasteiger partial charge in [-0.3, -0.25) is 0 Å². The van der Waals surface area contributed by atoms with Gasteiger partial charge in [-0.05, 0) is 11.5 Å². The van der Waals surface area contributed by atoms with Gasteiger partial charge >= 0.3 is 0 Å². The topological polar surface area (TPSA) is 116 Å². The molecule has 6 N–H and O–H groups in total. The van der Waals surface area contributed by atoms with Crippen LogP contribution in [-0.2, 0) is 0 Å². The molecule has 7 heteroatoms. The summed E-state index contributed by atoms with van der Waals surface area (Å²) in [6.45, 7) is 2.07. The Labute approximate surface area is 86.0 Å². The average molecular weight is 213 g/mol. The molecule has 0 saturated heterocycles. The molecular weight excluding hydrogens is 200 g/mol. The van der Waals surface area contributed by atoms with E-state index in [1.54, 1.807) is 0 Å². The Balaban J connectivity index is 2.95. The average Bonchev–Trinajstić information content (AvgIpc) is 2.14. The van der Waals surface area contributed by atoms with Crippen LogP contribution in [0.2, 0.25) is 0 Å². The van der Waals surface area contributed by atoms with Crippen LogP contribution in [0, 0.1) is 0 Å². The number of nitrogens with zero attached hydrogens (tertiary/aromatic N) is 3. The molecule has 0 saturated carbocycles. The molecule has 0 bridgehead atoms. The predicted molar refractivity (Wildman–Crippen MR) is 55.9 cm³/mol. The van der Waals surface area contributed by atoms with Crippen molar-refractivity contribution in [1.29, 1.82) is 0 Å². The predicted octanol–water partition coefficient (Wildman–Crippen LogP) is -0.0141. The van der Waals surface area contributed by atoms with Gasteiger partial charge in [0, 0.05) is 5.75 Å². The van der Waals surface area contributed by atoms with Gasteiger partial charge in [0.15, 0.2) is 16.8 Å². The summed E-state index contributed by atoms with van der Waals surface area (Å²) in [5.41, 5.74) is 16.5. The number of nitrogen functional groups attached to an aromatic ring is 2. The van der Waals surface area contributed by atoms with Crippen molar-refractivity contribution in [1.82, 2.24) is 9.97 Å². The van der Waals surface area contributed by atoms with E-state index in [1.807, 2.05) is 0 Å². The number of thioether (sulfide) groups is 1. The van der Waals surface area contributed by atoms with Crippen LogP contribution in [0.1, 0.15) is 13.3 Å². The summed E-state index contributed by atoms with van der Waals surface area (Å²) in [5, 5.41) is 3.97. The molecule has 1 heterocycles. The minimum absolute atomic E-state index is 0.221. The van der Waals surface area contributed by atoms with Crippen LogP contribution < -0.4 is 17.0 Å². The summed E-state index contributed by atoms with van der Waals surface area (Å²) >= 11 is 1.50. The Bertz CT molecular complexity index is 316. The number of aromatic nitrogens is 2. The van der Waals surface area contributed by atoms with E-state index >= 15 is 0 Å². The highest BCUT2D eigenvalue weighted by Crippen LogP contribution is 2.27. The van der Waals surface area contributed by atoms with E-state index in [-0.39, 0.29) is 17.3 Å². The van der Waals surface area contributed by atoms with Gasteiger partial charge in [-0.25, -0.2) is 9.97 Å². The molecule has 1 aromatic heterocycles. The van der Waals surface area contributed by atoms with Gasteiger partial charge in [0.1, 0.15) is 0 Å². The number of hydrogen-bond acceptors (Lipinski definition) is 6. The number of anilines is 2. The summed E-state index contributed by atoms with van der Waals surface area (Å²) < 4.78 is 0. The second-order valence-electron chi connectivity index (χ2n) is 2.60. The Morgan fingerprint density at radius 2 is 1.93 bits per heavy atom. The first-order chi connectivity index (χ1) is 6.69. The standard InChI is InChI=1S/C7H12N6S/c1-2-3-14-7-11-5(8)4(13-10)6(9)12-7/h10H,2-3H2,1H3,(H4,8,9,11,12)/p+1. The van der Waals surface area contributed by atoms with Crippen molar-refractivity contribution in [3.63, 3.8) is 0 Å². The van der Waals surface area contributed by atoms with Crippen LogP contribution >= 0.6 is 11.8 Å². The molecule has 1 rings (SSSR count). The van der Waals surface area contributed by atoms with Crippen LogP contribution in [0.25, 0.3) is 0 Å². The van der Waals surface area contributed by atoms with Gasteiger partial charge < -0.3 is 11.5 Å². The zero-order valence-electron chi connectivity index (χ0n) is 7.90. The molecule has 0 radical (unpaired) electrons. The first-order valence-electron chi connectivity index (χ1n) is 4.15. The summed E-state index contributed by atoms with van der Waals surface area (Å²) in [7, 11) is 0. The SMILES string of the molecule is CCCSc1nc(N)c(N=[NH2+])c(N)n1. The lowest BCUT2D eigenvalue weighted by molar-refractivity contribution is -0.210. The van der Waals surface area contributed by atoms with Crippen LogP contribution in [0.4, 0.5) is 17.3 Å². The second kappa shape index (κ2) is 4.75. The van der Waals surface area contributed by atoms with Crippen LogP contribution in [-0.4, -0.2) is 15.7 Å². The molecule has 6 nitrogen and oxygen atoms in total. The van der Waals surface area contributed by atoms with Gasteiger partial charge in [-0.2, -0.15) is 5.53 Å². The lowest BCUT2D eigenvalue weighted by Gasteiger charge is -2.02. The molecule has 0 spiro atoms. The fraction of sp³-hybridized carbons (Fsp3) is 0.429. The Morgan fingerprint density at radius 1 is 1.36 bits per heavy atom. The van der Waals surface area contributed by atoms with Gasteiger partial charge in [-0.15, -0.1) is 0 Å². The summed E-state index contributed by atoms with van der Waals surface area (Å²) in [6, 6.07) is 0. The van der Waals surface area contributed by atoms with Gasteiger partial charge in [0.2, 0.25) is 5.69 Å². The van der Waals surface area contributed by atoms with Gasteiger partial charge in [0.05, 0.1) is 0 Å². The van der Waals surface area contributed by atoms with Crippen molar-refractivity contribution in [2.45, 2.75) is 18.5 Å². The maximum atomic E-state index is 5.59. The van der Waals surface area contributed by atoms with E-state index in [1.165, 1.54) is 11.8 Å². The maximum absolute atomic E-state index is 5.59. The second-order valence-corrected chi connectivity index (χ2v) is 3.66. The number of hydrogen-bond donors (Lipinski definition) is 3. The highest BCUT2D eigenvalue weighted by Gasteiger charge is 2.10. The highest BCUT2D eigenvalue weighted by atomic mass is 32.2. The number of nitrogens with two attached hydrogens (primary N) is 3. The van der Waals surface area contributed by atoms with Crippen molar-refractivity contribution in [2.75, 3.05) is 17.2 Å². The Hall–Kier alpha value is -1.37. The Kier molecular flexibility index (Phi) is 3.63. The third-order valence-corrected chi connectivity index (χ3v) is 2.53. The third-order valence-electron chi connectivity index (χ3n) is 1.48. The van der Waals surface area contributed by atoms with Gasteiger partial charge in [-0.1, -0.05) is 18.7 Å². The van der Waals surface area contributed by atoms with Crippen LogP contribution in [0.5, 0.6) is 0 Å². The smallest absolute Gasteiger partial charge is 0.213 e. The zero-order valence-corrected chi connectivity index (χ0v) is 8.71. The van der Waals surface area contributed by atoms with Gasteiger partial charge in [0.25, 0.3) is 0 Å². The van der Waals surface area contributed by atoms with E-state index in [4.69, 9.17) is 17.0 Å². The summed E-state index contributed by atoms with van der Waals surface area (Å²) in [4.78, 5) is 8.04. The summed E-state index contributed by atoms with van der Waals surface area (Å²) in [5.74, 6) is 1.37. The first-order valence-corrected chi connectivity index (χ1v) is 5.14. The van der Waals surface area contributed by atoms with Crippen LogP contribution in [0.15, 0.2) is 10.3 Å². The normalized spacial score (nSPS) is 10.1. The maximum Gasteiger partial charge on any atom is 0.213 e. The molecule has 1 aromatic rings. The fourth-order valence-corrected chi connectivity index (χ4v) is 1.57. The third kappa shape index (κ3) is 2.32. The molecule has 0 fully saturated rings. The molecule has 0 amide bonds. The van der Waals surface area contributed by atoms with E-state index in [0.29, 0.717) is 5.16 Å². The van der Waals surface area contributed by atoms with Crippen molar-refractivity contribution in [3.8, 4) is 0 Å². The lowest BCUT2D eigenvalue weighted by Crippen LogP contribution is -2.23. The van der Waals surface area contributed by atoms with E-state index in [0.717, 1.165) is 12.2 Å². The quantitative estimate of drug-likeness (QED) is 0.369. The Morgan fingerprint density at radius 3 is 2.36 bits per heavy atom. The van der Waals surface area contributed by atoms with Crippen molar-refractivity contribution in [2.24, 2.45) is 5.11 Å². The molecule has 0 aliphatic carbocycles. The molecule has 0 aliphatic heterocycles. The molecule has 0 unspecified atom stereocenters. The minimum Gasteiger partial charge on any atom is -0.382 e. The fourth-order valence-electron chi connectivity index (χ4n) is 0.858. The van der Waals surface area contributed by atoms with Crippen molar-refractivity contribution >= 4 is 29.1 Å². The zero-order chi connectivity index (χ0) is 10.6. The first kappa shape index (κ1) is 10.7. The molecule has 0 aliphatic rings. The van der Waals surface area contributed by atoms with Crippen molar-refractivity contribution < 1.29 is 5.53 Å². The highest BCUT2D eigenvalue weighted by molar-refractivity contribution is 7.99. The molecular formula is C7H13N6S+. The van der Waals surface area contributed by atoms with E-state index in [9.17, 15) is 0 Å². The monoisotopic (exact) mass is 213 g/mol. The van der Waals surface area contributed by atoms with E-state index in [2.05, 4.69) is 22.0 Å². The molecule has 0 aromatic carbocycles. The van der Waals surface area contributed by atoms with E-state index < -0.39 is 0 Å².